The van der Waals surface area contributed by atoms with Crippen LogP contribution < -0.4 is 0 Å². The molecular formula is C44H62N4S2. The van der Waals surface area contributed by atoms with E-state index in [2.05, 4.69) is 94.1 Å². The van der Waals surface area contributed by atoms with Gasteiger partial charge >= 0.3 is 0 Å². The molecule has 2 saturated heterocycles. The highest BCUT2D eigenvalue weighted by atomic mass is 32.2. The number of hydrogen-bond acceptors (Lipinski definition) is 4. The lowest BCUT2D eigenvalue weighted by Crippen LogP contribution is -2.50. The Bertz CT molecular complexity index is 1630. The fourth-order valence-corrected chi connectivity index (χ4v) is 12.7. The van der Waals surface area contributed by atoms with Gasteiger partial charge < -0.3 is 9.13 Å². The maximum absolute atomic E-state index is 2.87. The van der Waals surface area contributed by atoms with Gasteiger partial charge in [0.15, 0.2) is 0 Å². The van der Waals surface area contributed by atoms with E-state index in [9.17, 15) is 0 Å². The Morgan fingerprint density at radius 3 is 1.48 bits per heavy atom. The van der Waals surface area contributed by atoms with E-state index in [1.165, 1.54) is 113 Å². The van der Waals surface area contributed by atoms with Gasteiger partial charge in [-0.1, -0.05) is 51.0 Å². The van der Waals surface area contributed by atoms with Crippen molar-refractivity contribution in [2.75, 3.05) is 50.2 Å². The summed E-state index contributed by atoms with van der Waals surface area (Å²) in [4.78, 5) is 5.74. The average molecular weight is 711 g/mol. The van der Waals surface area contributed by atoms with Gasteiger partial charge in [0.1, 0.15) is 0 Å². The summed E-state index contributed by atoms with van der Waals surface area (Å²) in [7, 11) is 0. The zero-order chi connectivity index (χ0) is 34.2. The fourth-order valence-electron chi connectivity index (χ4n) is 11.2. The van der Waals surface area contributed by atoms with Crippen LogP contribution in [-0.4, -0.2) is 81.2 Å². The van der Waals surface area contributed by atoms with Crippen molar-refractivity contribution in [2.24, 2.45) is 11.8 Å². The third-order valence-corrected chi connectivity index (χ3v) is 14.7. The maximum atomic E-state index is 2.87. The molecule has 8 rings (SSSR count). The minimum atomic E-state index is 0.685. The minimum Gasteiger partial charge on any atom is -0.347 e. The number of rotatable bonds is 15. The van der Waals surface area contributed by atoms with Crippen molar-refractivity contribution in [1.29, 1.82) is 0 Å². The normalized spacial score (nSPS) is 26.5. The second-order valence-electron chi connectivity index (χ2n) is 16.5. The van der Waals surface area contributed by atoms with Gasteiger partial charge in [0.05, 0.1) is 0 Å². The van der Waals surface area contributed by atoms with E-state index in [0.717, 1.165) is 24.9 Å². The van der Waals surface area contributed by atoms with Crippen molar-refractivity contribution in [3.8, 4) is 0 Å². The molecule has 4 nitrogen and oxygen atoms in total. The van der Waals surface area contributed by atoms with Crippen molar-refractivity contribution in [2.45, 2.75) is 115 Å². The highest BCUT2D eigenvalue weighted by Crippen LogP contribution is 2.47. The first kappa shape index (κ1) is 35.2. The molecule has 0 unspecified atom stereocenters. The summed E-state index contributed by atoms with van der Waals surface area (Å²) in [5, 5.41) is 3.22. The molecule has 270 valence electrons. The summed E-state index contributed by atoms with van der Waals surface area (Å²) in [5.74, 6) is 5.63. The van der Waals surface area contributed by atoms with Gasteiger partial charge in [-0.25, -0.2) is 0 Å². The number of aromatic nitrogens is 2. The van der Waals surface area contributed by atoms with E-state index >= 15 is 0 Å². The van der Waals surface area contributed by atoms with Crippen LogP contribution in [0.5, 0.6) is 0 Å². The molecule has 4 aliphatic rings. The Hall–Kier alpha value is -1.86. The van der Waals surface area contributed by atoms with Gasteiger partial charge in [-0.3, -0.25) is 9.80 Å². The third-order valence-electron chi connectivity index (χ3n) is 13.1. The molecular weight excluding hydrogens is 649 g/mol. The number of unbranched alkanes of at least 4 members (excludes halogenated alkanes) is 3. The smallest absolute Gasteiger partial charge is 0.0486 e. The van der Waals surface area contributed by atoms with Crippen LogP contribution in [0.25, 0.3) is 21.8 Å². The Labute approximate surface area is 311 Å². The molecule has 2 fully saturated rings. The lowest BCUT2D eigenvalue weighted by atomic mass is 9.72. The quantitative estimate of drug-likeness (QED) is 0.114. The van der Waals surface area contributed by atoms with E-state index in [1.807, 2.05) is 23.5 Å². The second kappa shape index (κ2) is 15.6. The molecule has 0 saturated carbocycles. The molecule has 2 aromatic heterocycles. The molecule has 0 amide bonds. The monoisotopic (exact) mass is 710 g/mol. The van der Waals surface area contributed by atoms with Crippen LogP contribution in [0, 0.1) is 11.8 Å². The lowest BCUT2D eigenvalue weighted by molar-refractivity contribution is 0.0926. The van der Waals surface area contributed by atoms with E-state index in [1.54, 1.807) is 33.0 Å². The fraction of sp³-hybridized carbons (Fsp3) is 0.636. The molecule has 50 heavy (non-hydrogen) atoms. The predicted molar refractivity (Wildman–Crippen MR) is 220 cm³/mol. The van der Waals surface area contributed by atoms with Crippen LogP contribution in [0.2, 0.25) is 0 Å². The second-order valence-corrected chi connectivity index (χ2v) is 18.3. The predicted octanol–water partition coefficient (Wildman–Crippen LogP) is 10.1. The Balaban J connectivity index is 0.908. The van der Waals surface area contributed by atoms with Crippen LogP contribution in [0.4, 0.5) is 0 Å². The maximum Gasteiger partial charge on any atom is 0.0486 e. The van der Waals surface area contributed by atoms with E-state index in [4.69, 9.17) is 0 Å². The summed E-state index contributed by atoms with van der Waals surface area (Å²) in [6, 6.07) is 15.9. The highest BCUT2D eigenvalue weighted by molar-refractivity contribution is 7.98. The zero-order valence-electron chi connectivity index (χ0n) is 31.4. The first-order chi connectivity index (χ1) is 24.6. The first-order valence-corrected chi connectivity index (χ1v) is 23.1. The number of aryl methyl sites for hydroxylation is 2. The summed E-state index contributed by atoms with van der Waals surface area (Å²) in [5.41, 5.74) is 9.53. The van der Waals surface area contributed by atoms with Gasteiger partial charge in [-0.15, -0.1) is 0 Å². The Morgan fingerprint density at radius 2 is 1.06 bits per heavy atom. The number of likely N-dealkylation sites (tertiary alicyclic amines) is 2. The van der Waals surface area contributed by atoms with Crippen molar-refractivity contribution in [1.82, 2.24) is 18.9 Å². The van der Waals surface area contributed by atoms with Gasteiger partial charge in [-0.05, 0) is 135 Å². The average Bonchev–Trinajstić information content (AvgIpc) is 3.66. The lowest BCUT2D eigenvalue weighted by Gasteiger charge is -2.47. The van der Waals surface area contributed by atoms with Gasteiger partial charge in [-0.2, -0.15) is 23.5 Å². The van der Waals surface area contributed by atoms with Gasteiger partial charge in [0, 0.05) is 84.3 Å². The standard InChI is InChI=1S/C44H62N4S2/c1-5-17-45-25-31(29-49-3)21-37-35-13-11-15-39-43(35)33(23-41(37)45)27-47(39)19-9-7-8-10-20-48-28-34-24-42-38(36-14-12-16-40(48)44(34)36)22-32(30-50-4)26-46(42)18-6-2/h11-16,27-28,31-32,37-38,41-42H,5-10,17-26,29-30H2,1-4H3/t31-,32-,37-,38-,41-,42-/m1/s1. The number of hydrogen-bond donors (Lipinski definition) is 0. The minimum absolute atomic E-state index is 0.685. The summed E-state index contributed by atoms with van der Waals surface area (Å²) >= 11 is 4.08. The number of thioether (sulfide) groups is 2. The third kappa shape index (κ3) is 6.62. The van der Waals surface area contributed by atoms with Crippen molar-refractivity contribution < 1.29 is 0 Å². The summed E-state index contributed by atoms with van der Waals surface area (Å²) in [6.45, 7) is 12.1. The first-order valence-electron chi connectivity index (χ1n) is 20.3. The van der Waals surface area contributed by atoms with Gasteiger partial charge in [0.25, 0.3) is 0 Å². The van der Waals surface area contributed by atoms with Crippen molar-refractivity contribution in [3.63, 3.8) is 0 Å². The molecule has 4 heterocycles. The zero-order valence-corrected chi connectivity index (χ0v) is 33.0. The van der Waals surface area contributed by atoms with E-state index in [-0.39, 0.29) is 0 Å². The molecule has 2 aliphatic heterocycles. The van der Waals surface area contributed by atoms with Crippen molar-refractivity contribution >= 4 is 45.3 Å². The van der Waals surface area contributed by atoms with Crippen LogP contribution in [-0.2, 0) is 25.9 Å². The number of benzene rings is 2. The number of nitrogens with zero attached hydrogens (tertiary/aromatic N) is 4. The van der Waals surface area contributed by atoms with Crippen molar-refractivity contribution in [3.05, 3.63) is 71.0 Å². The molecule has 2 aliphatic carbocycles. The van der Waals surface area contributed by atoms with Crippen LogP contribution in [0.1, 0.15) is 99.3 Å². The molecule has 6 heteroatoms. The molecule has 4 aromatic rings. The Kier molecular flexibility index (Phi) is 11.0. The summed E-state index contributed by atoms with van der Waals surface area (Å²) in [6.07, 6.45) is 22.6. The largest absolute Gasteiger partial charge is 0.347 e. The van der Waals surface area contributed by atoms with Crippen LogP contribution >= 0.6 is 23.5 Å². The topological polar surface area (TPSA) is 16.3 Å². The molecule has 2 aromatic carbocycles. The van der Waals surface area contributed by atoms with E-state index < -0.39 is 0 Å². The molecule has 0 radical (unpaired) electrons. The van der Waals surface area contributed by atoms with Crippen LogP contribution in [0.15, 0.2) is 48.8 Å². The molecule has 6 atom stereocenters. The molecule has 0 N–H and O–H groups in total. The van der Waals surface area contributed by atoms with Crippen LogP contribution in [0.3, 0.4) is 0 Å². The Morgan fingerprint density at radius 1 is 0.600 bits per heavy atom. The molecule has 0 spiro atoms. The number of fused-ring (bicyclic) bond motifs is 4. The highest BCUT2D eigenvalue weighted by Gasteiger charge is 2.42. The number of piperidine rings is 2. The SMILES string of the molecule is CCCN1C[C@H](CSC)C[C@@H]2c3cccc4c3c(cn4CCCCCCn3cc4c5c(cccc53)[C@H]3C[C@@H](CSC)CN(CCC)[C@@H]3C4)C[C@H]21. The molecule has 0 bridgehead atoms. The summed E-state index contributed by atoms with van der Waals surface area (Å²) < 4.78 is 5.26. The van der Waals surface area contributed by atoms with Gasteiger partial charge in [0.2, 0.25) is 0 Å². The van der Waals surface area contributed by atoms with E-state index in [0.29, 0.717) is 23.9 Å².